The zero-order chi connectivity index (χ0) is 10.7. The highest BCUT2D eigenvalue weighted by Crippen LogP contribution is 2.33. The lowest BCUT2D eigenvalue weighted by atomic mass is 10.3. The lowest BCUT2D eigenvalue weighted by Crippen LogP contribution is -2.07. The van der Waals surface area contributed by atoms with Crippen molar-refractivity contribution >= 4 is 23.4 Å². The van der Waals surface area contributed by atoms with Crippen LogP contribution in [-0.4, -0.2) is 12.4 Å². The summed E-state index contributed by atoms with van der Waals surface area (Å²) >= 11 is 7.10. The minimum atomic E-state index is -0.376. The third-order valence-electron chi connectivity index (χ3n) is 1.58. The molecule has 0 fully saturated rings. The Hall–Kier alpha value is -0.410. The van der Waals surface area contributed by atoms with E-state index < -0.39 is 0 Å². The maximum Gasteiger partial charge on any atom is 0.180 e. The molecule has 0 saturated carbocycles. The number of halogens is 2. The molecular formula is C10H12ClFOS. The molecule has 0 saturated heterocycles. The Morgan fingerprint density at radius 3 is 2.57 bits per heavy atom. The van der Waals surface area contributed by atoms with Crippen LogP contribution in [0.5, 0.6) is 5.75 Å². The summed E-state index contributed by atoms with van der Waals surface area (Å²) in [6.07, 6.45) is 1.74. The van der Waals surface area contributed by atoms with Crippen LogP contribution in [0.4, 0.5) is 4.39 Å². The second-order valence-corrected chi connectivity index (χ2v) is 4.28. The monoisotopic (exact) mass is 234 g/mol. The van der Waals surface area contributed by atoms with E-state index in [4.69, 9.17) is 16.3 Å². The van der Waals surface area contributed by atoms with Crippen LogP contribution in [0.1, 0.15) is 13.8 Å². The van der Waals surface area contributed by atoms with Gasteiger partial charge in [-0.3, -0.25) is 0 Å². The molecule has 0 N–H and O–H groups in total. The van der Waals surface area contributed by atoms with Gasteiger partial charge in [-0.1, -0.05) is 11.6 Å². The van der Waals surface area contributed by atoms with Gasteiger partial charge in [0.05, 0.1) is 16.0 Å². The fraction of sp³-hybridized carbons (Fsp3) is 0.400. The van der Waals surface area contributed by atoms with E-state index in [-0.39, 0.29) is 17.7 Å². The van der Waals surface area contributed by atoms with Gasteiger partial charge < -0.3 is 4.74 Å². The van der Waals surface area contributed by atoms with E-state index in [0.717, 1.165) is 0 Å². The largest absolute Gasteiger partial charge is 0.488 e. The van der Waals surface area contributed by atoms with Gasteiger partial charge in [0.25, 0.3) is 0 Å². The van der Waals surface area contributed by atoms with Crippen molar-refractivity contribution in [2.75, 3.05) is 6.26 Å². The first kappa shape index (κ1) is 11.7. The SMILES string of the molecule is CSc1c(Cl)ccc(OC(C)C)c1F. The van der Waals surface area contributed by atoms with Crippen LogP contribution in [0.25, 0.3) is 0 Å². The van der Waals surface area contributed by atoms with Crippen molar-refractivity contribution in [3.8, 4) is 5.75 Å². The number of hydrogen-bond donors (Lipinski definition) is 0. The van der Waals surface area contributed by atoms with Crippen LogP contribution in [0.15, 0.2) is 17.0 Å². The number of thioether (sulfide) groups is 1. The Morgan fingerprint density at radius 1 is 1.43 bits per heavy atom. The Morgan fingerprint density at radius 2 is 2.07 bits per heavy atom. The van der Waals surface area contributed by atoms with Gasteiger partial charge in [-0.2, -0.15) is 0 Å². The van der Waals surface area contributed by atoms with Crippen LogP contribution < -0.4 is 4.74 Å². The number of benzene rings is 1. The molecule has 1 nitrogen and oxygen atoms in total. The summed E-state index contributed by atoms with van der Waals surface area (Å²) in [6, 6.07) is 3.20. The second-order valence-electron chi connectivity index (χ2n) is 3.06. The molecule has 0 radical (unpaired) electrons. The molecule has 0 heterocycles. The highest BCUT2D eigenvalue weighted by Gasteiger charge is 2.13. The molecule has 0 aliphatic rings. The number of hydrogen-bond acceptors (Lipinski definition) is 2. The minimum Gasteiger partial charge on any atom is -0.488 e. The number of rotatable bonds is 3. The Bertz CT molecular complexity index is 328. The Labute approximate surface area is 92.6 Å². The first-order valence-electron chi connectivity index (χ1n) is 4.25. The van der Waals surface area contributed by atoms with Crippen LogP contribution in [0, 0.1) is 5.82 Å². The predicted molar refractivity (Wildman–Crippen MR) is 59.0 cm³/mol. The topological polar surface area (TPSA) is 9.23 Å². The average Bonchev–Trinajstić information content (AvgIpc) is 2.10. The van der Waals surface area contributed by atoms with Crippen molar-refractivity contribution in [1.82, 2.24) is 0 Å². The molecule has 0 atom stereocenters. The van der Waals surface area contributed by atoms with Gasteiger partial charge in [0, 0.05) is 0 Å². The first-order chi connectivity index (χ1) is 6.56. The van der Waals surface area contributed by atoms with Crippen LogP contribution in [0.3, 0.4) is 0 Å². The fourth-order valence-corrected chi connectivity index (χ4v) is 1.97. The molecule has 0 amide bonds. The van der Waals surface area contributed by atoms with Crippen molar-refractivity contribution in [3.05, 3.63) is 23.0 Å². The lowest BCUT2D eigenvalue weighted by molar-refractivity contribution is 0.229. The van der Waals surface area contributed by atoms with Crippen molar-refractivity contribution in [2.45, 2.75) is 24.8 Å². The molecule has 0 unspecified atom stereocenters. The van der Waals surface area contributed by atoms with Gasteiger partial charge in [-0.05, 0) is 32.2 Å². The third-order valence-corrected chi connectivity index (χ3v) is 2.81. The highest BCUT2D eigenvalue weighted by molar-refractivity contribution is 7.98. The highest BCUT2D eigenvalue weighted by atomic mass is 35.5. The molecule has 4 heteroatoms. The van der Waals surface area contributed by atoms with Crippen LogP contribution in [0.2, 0.25) is 5.02 Å². The quantitative estimate of drug-likeness (QED) is 0.732. The van der Waals surface area contributed by atoms with E-state index in [1.165, 1.54) is 11.8 Å². The summed E-state index contributed by atoms with van der Waals surface area (Å²) in [5.74, 6) is -0.118. The molecule has 14 heavy (non-hydrogen) atoms. The van der Waals surface area contributed by atoms with Gasteiger partial charge in [0.1, 0.15) is 0 Å². The molecule has 0 bridgehead atoms. The van der Waals surface area contributed by atoms with Crippen LogP contribution in [-0.2, 0) is 0 Å². The summed E-state index contributed by atoms with van der Waals surface area (Å²) in [7, 11) is 0. The van der Waals surface area contributed by atoms with E-state index in [0.29, 0.717) is 9.92 Å². The summed E-state index contributed by atoms with van der Waals surface area (Å²) in [4.78, 5) is 0.435. The van der Waals surface area contributed by atoms with Gasteiger partial charge in [0.15, 0.2) is 11.6 Å². The maximum absolute atomic E-state index is 13.7. The summed E-state index contributed by atoms with van der Waals surface area (Å²) in [5.41, 5.74) is 0. The zero-order valence-electron chi connectivity index (χ0n) is 8.30. The summed E-state index contributed by atoms with van der Waals surface area (Å²) in [5, 5.41) is 0.422. The first-order valence-corrected chi connectivity index (χ1v) is 5.85. The third kappa shape index (κ3) is 2.55. The normalized spacial score (nSPS) is 10.7. The molecule has 0 aromatic heterocycles. The maximum atomic E-state index is 13.7. The second kappa shape index (κ2) is 4.89. The molecule has 0 spiro atoms. The zero-order valence-corrected chi connectivity index (χ0v) is 9.88. The van der Waals surface area contributed by atoms with Gasteiger partial charge in [0.2, 0.25) is 0 Å². The molecular weight excluding hydrogens is 223 g/mol. The van der Waals surface area contributed by atoms with Crippen molar-refractivity contribution in [3.63, 3.8) is 0 Å². The lowest BCUT2D eigenvalue weighted by Gasteiger charge is -2.12. The molecule has 1 aromatic carbocycles. The van der Waals surface area contributed by atoms with E-state index in [1.54, 1.807) is 18.4 Å². The molecule has 0 aliphatic carbocycles. The molecule has 1 aromatic rings. The molecule has 0 aliphatic heterocycles. The van der Waals surface area contributed by atoms with Crippen LogP contribution >= 0.6 is 23.4 Å². The molecule has 1 rings (SSSR count). The minimum absolute atomic E-state index is 0.0413. The smallest absolute Gasteiger partial charge is 0.180 e. The standard InChI is InChI=1S/C10H12ClFOS/c1-6(2)13-8-5-4-7(11)10(14-3)9(8)12/h4-6H,1-3H3. The van der Waals surface area contributed by atoms with Gasteiger partial charge in [-0.15, -0.1) is 11.8 Å². The number of ether oxygens (including phenoxy) is 1. The Kier molecular flexibility index (Phi) is 4.08. The van der Waals surface area contributed by atoms with E-state index >= 15 is 0 Å². The fourth-order valence-electron chi connectivity index (χ4n) is 1.05. The average molecular weight is 235 g/mol. The van der Waals surface area contributed by atoms with E-state index in [9.17, 15) is 4.39 Å². The van der Waals surface area contributed by atoms with E-state index in [1.807, 2.05) is 13.8 Å². The van der Waals surface area contributed by atoms with Gasteiger partial charge >= 0.3 is 0 Å². The molecule has 78 valence electrons. The van der Waals surface area contributed by atoms with Crippen molar-refractivity contribution in [2.24, 2.45) is 0 Å². The Balaban J connectivity index is 3.08. The van der Waals surface area contributed by atoms with Crippen molar-refractivity contribution in [1.29, 1.82) is 0 Å². The summed E-state index contributed by atoms with van der Waals surface area (Å²) < 4.78 is 19.0. The summed E-state index contributed by atoms with van der Waals surface area (Å²) in [6.45, 7) is 3.71. The van der Waals surface area contributed by atoms with Gasteiger partial charge in [-0.25, -0.2) is 4.39 Å². The van der Waals surface area contributed by atoms with Crippen molar-refractivity contribution < 1.29 is 9.13 Å². The van der Waals surface area contributed by atoms with E-state index in [2.05, 4.69) is 0 Å². The predicted octanol–water partition coefficient (Wildman–Crippen LogP) is 3.99.